The molecule has 1 unspecified atom stereocenters. The van der Waals surface area contributed by atoms with Gasteiger partial charge in [-0.25, -0.2) is 9.07 Å². The van der Waals surface area contributed by atoms with Gasteiger partial charge in [-0.2, -0.15) is 11.8 Å². The van der Waals surface area contributed by atoms with Gasteiger partial charge in [0.05, 0.1) is 17.7 Å². The summed E-state index contributed by atoms with van der Waals surface area (Å²) >= 11 is 8.34. The van der Waals surface area contributed by atoms with E-state index in [1.807, 2.05) is 38.2 Å². The zero-order valence-corrected chi connectivity index (χ0v) is 23.9. The van der Waals surface area contributed by atoms with Crippen molar-refractivity contribution in [1.82, 2.24) is 20.3 Å². The number of anilines is 1. The Morgan fingerprint density at radius 2 is 2.00 bits per heavy atom. The minimum absolute atomic E-state index is 0.0321. The normalized spacial score (nSPS) is 16.4. The lowest BCUT2D eigenvalue weighted by Gasteiger charge is -2.19. The van der Waals surface area contributed by atoms with Gasteiger partial charge in [0.25, 0.3) is 0 Å². The van der Waals surface area contributed by atoms with E-state index in [0.29, 0.717) is 34.6 Å². The molecule has 1 fully saturated rings. The summed E-state index contributed by atoms with van der Waals surface area (Å²) in [6.07, 6.45) is 2.04. The van der Waals surface area contributed by atoms with Crippen molar-refractivity contribution < 1.29 is 14.0 Å². The summed E-state index contributed by atoms with van der Waals surface area (Å²) in [5, 5.41) is 11.3. The van der Waals surface area contributed by atoms with Gasteiger partial charge < -0.3 is 10.2 Å². The van der Waals surface area contributed by atoms with Gasteiger partial charge in [0, 0.05) is 57.4 Å². The van der Waals surface area contributed by atoms with Crippen molar-refractivity contribution >= 4 is 61.1 Å². The third-order valence-corrected chi connectivity index (χ3v) is 8.09. The second kappa shape index (κ2) is 11.9. The lowest BCUT2D eigenvalue weighted by Crippen LogP contribution is -2.34. The molecule has 1 N–H and O–H groups in total. The lowest BCUT2D eigenvalue weighted by atomic mass is 10.1. The third kappa shape index (κ3) is 6.36. The van der Waals surface area contributed by atoms with E-state index in [9.17, 15) is 14.0 Å². The minimum Gasteiger partial charge on any atom is -0.355 e. The predicted molar refractivity (Wildman–Crippen MR) is 146 cm³/mol. The molecule has 4 rings (SSSR count). The maximum atomic E-state index is 14.3. The highest BCUT2D eigenvalue weighted by molar-refractivity contribution is 9.10. The second-order valence-electron chi connectivity index (χ2n) is 8.71. The molecular weight excluding hydrogens is 613 g/mol. The van der Waals surface area contributed by atoms with Crippen LogP contribution in [0.15, 0.2) is 51.5 Å². The van der Waals surface area contributed by atoms with Crippen molar-refractivity contribution in [2.24, 2.45) is 5.92 Å². The van der Waals surface area contributed by atoms with Crippen LogP contribution >= 0.6 is 43.6 Å². The van der Waals surface area contributed by atoms with Crippen LogP contribution in [-0.2, 0) is 15.3 Å². The number of aryl methyl sites for hydroxylation is 1. The number of amides is 2. The summed E-state index contributed by atoms with van der Waals surface area (Å²) in [7, 11) is 0. The van der Waals surface area contributed by atoms with E-state index < -0.39 is 0 Å². The largest absolute Gasteiger partial charge is 0.355 e. The van der Waals surface area contributed by atoms with Crippen LogP contribution in [0.5, 0.6) is 0 Å². The Balaban J connectivity index is 1.21. The molecule has 36 heavy (non-hydrogen) atoms. The van der Waals surface area contributed by atoms with Gasteiger partial charge in [0.2, 0.25) is 11.8 Å². The predicted octanol–water partition coefficient (Wildman–Crippen LogP) is 5.26. The molecule has 2 heterocycles. The smallest absolute Gasteiger partial charge is 0.227 e. The molecule has 11 heteroatoms. The number of hydrogen-bond acceptors (Lipinski definition) is 5. The first-order valence-corrected chi connectivity index (χ1v) is 14.2. The summed E-state index contributed by atoms with van der Waals surface area (Å²) in [6, 6.07) is 10.5. The Hall–Kier alpha value is -2.24. The third-order valence-electron chi connectivity index (χ3n) is 6.11. The van der Waals surface area contributed by atoms with Crippen LogP contribution in [0.1, 0.15) is 36.2 Å². The number of aromatic nitrogens is 3. The van der Waals surface area contributed by atoms with Crippen LogP contribution in [0.3, 0.4) is 0 Å². The Morgan fingerprint density at radius 3 is 2.75 bits per heavy atom. The maximum absolute atomic E-state index is 14.3. The average Bonchev–Trinajstić information content (AvgIpc) is 3.45. The fourth-order valence-corrected chi connectivity index (χ4v) is 5.70. The number of hydrogen-bond donors (Lipinski definition) is 1. The zero-order chi connectivity index (χ0) is 25.8. The lowest BCUT2D eigenvalue weighted by molar-refractivity contribution is -0.126. The summed E-state index contributed by atoms with van der Waals surface area (Å²) in [6.45, 7) is 4.72. The van der Waals surface area contributed by atoms with Gasteiger partial charge in [-0.3, -0.25) is 9.59 Å². The second-order valence-corrected chi connectivity index (χ2v) is 11.6. The van der Waals surface area contributed by atoms with Gasteiger partial charge in [-0.15, -0.1) is 5.10 Å². The van der Waals surface area contributed by atoms with Crippen molar-refractivity contribution in [1.29, 1.82) is 0 Å². The van der Waals surface area contributed by atoms with E-state index in [1.165, 1.54) is 6.07 Å². The molecule has 0 bridgehead atoms. The quantitative estimate of drug-likeness (QED) is 0.324. The molecule has 2 aromatic carbocycles. The van der Waals surface area contributed by atoms with Gasteiger partial charge in [0.15, 0.2) is 0 Å². The minimum atomic E-state index is -0.356. The number of carbonyl (C=O) groups excluding carboxylic acids is 2. The molecule has 1 aliphatic heterocycles. The number of halogens is 3. The van der Waals surface area contributed by atoms with Crippen LogP contribution in [0.2, 0.25) is 0 Å². The monoisotopic (exact) mass is 637 g/mol. The topological polar surface area (TPSA) is 80.1 Å². The molecule has 0 radical (unpaired) electrons. The fourth-order valence-electron chi connectivity index (χ4n) is 4.16. The molecule has 1 aromatic heterocycles. The van der Waals surface area contributed by atoms with Crippen LogP contribution in [-0.4, -0.2) is 45.7 Å². The van der Waals surface area contributed by atoms with Gasteiger partial charge in [-0.1, -0.05) is 43.1 Å². The van der Waals surface area contributed by atoms with Crippen LogP contribution in [0.4, 0.5) is 10.1 Å². The Labute approximate surface area is 230 Å². The number of thioether (sulfide) groups is 1. The number of nitrogens with one attached hydrogen (secondary N) is 1. The van der Waals surface area contributed by atoms with E-state index >= 15 is 0 Å². The number of nitrogens with zero attached hydrogens (tertiary/aromatic N) is 4. The van der Waals surface area contributed by atoms with E-state index in [4.69, 9.17) is 0 Å². The summed E-state index contributed by atoms with van der Waals surface area (Å²) in [5.74, 6) is 0.548. The number of carbonyl (C=O) groups is 2. The SMILES string of the molecule is Cc1cc(Br)ccc1N1CC(C(=O)NCCSCc2cn([C@@H](C)c3ccc(Br)cc3F)nn2)CC1=O. The first kappa shape index (κ1) is 26.8. The highest BCUT2D eigenvalue weighted by Crippen LogP contribution is 2.30. The Kier molecular flexibility index (Phi) is 8.84. The number of rotatable bonds is 9. The summed E-state index contributed by atoms with van der Waals surface area (Å²) in [4.78, 5) is 26.9. The molecule has 3 aromatic rings. The molecule has 7 nitrogen and oxygen atoms in total. The highest BCUT2D eigenvalue weighted by atomic mass is 79.9. The number of benzene rings is 2. The van der Waals surface area contributed by atoms with Crippen molar-refractivity contribution in [3.63, 3.8) is 0 Å². The molecule has 1 aliphatic rings. The van der Waals surface area contributed by atoms with E-state index in [1.54, 1.807) is 33.5 Å². The summed E-state index contributed by atoms with van der Waals surface area (Å²) in [5.41, 5.74) is 3.17. The van der Waals surface area contributed by atoms with Crippen LogP contribution < -0.4 is 10.2 Å². The molecule has 0 aliphatic carbocycles. The first-order chi connectivity index (χ1) is 17.2. The van der Waals surface area contributed by atoms with Gasteiger partial charge in [0.1, 0.15) is 5.82 Å². The highest BCUT2D eigenvalue weighted by Gasteiger charge is 2.35. The molecule has 0 spiro atoms. The van der Waals surface area contributed by atoms with Crippen LogP contribution in [0.25, 0.3) is 0 Å². The molecule has 0 saturated carbocycles. The molecule has 190 valence electrons. The zero-order valence-electron chi connectivity index (χ0n) is 19.9. The Morgan fingerprint density at radius 1 is 1.25 bits per heavy atom. The Bertz CT molecular complexity index is 1270. The van der Waals surface area contributed by atoms with Crippen molar-refractivity contribution in [3.05, 3.63) is 74.2 Å². The summed E-state index contributed by atoms with van der Waals surface area (Å²) < 4.78 is 17.6. The molecule has 1 saturated heterocycles. The van der Waals surface area contributed by atoms with Gasteiger partial charge >= 0.3 is 0 Å². The fraction of sp³-hybridized carbons (Fsp3) is 0.360. The molecule has 2 atom stereocenters. The van der Waals surface area contributed by atoms with E-state index in [0.717, 1.165) is 21.4 Å². The standard InChI is InChI=1S/C25H26Br2FN5O2S/c1-15-9-18(26)4-6-23(15)32-12-17(10-24(32)34)25(35)29-7-8-36-14-20-13-33(31-30-20)16(2)21-5-3-19(27)11-22(21)28/h3-6,9,11,13,16-17H,7-8,10,12,14H2,1-2H3,(H,29,35)/t16-,17?/m0/s1. The van der Waals surface area contributed by atoms with Crippen LogP contribution in [0, 0.1) is 18.7 Å². The van der Waals surface area contributed by atoms with E-state index in [2.05, 4.69) is 47.5 Å². The van der Waals surface area contributed by atoms with Crippen molar-refractivity contribution in [2.75, 3.05) is 23.7 Å². The van der Waals surface area contributed by atoms with Gasteiger partial charge in [-0.05, 0) is 49.7 Å². The van der Waals surface area contributed by atoms with Crippen molar-refractivity contribution in [2.45, 2.75) is 32.1 Å². The van der Waals surface area contributed by atoms with E-state index in [-0.39, 0.29) is 36.0 Å². The first-order valence-electron chi connectivity index (χ1n) is 11.5. The van der Waals surface area contributed by atoms with Crippen molar-refractivity contribution in [3.8, 4) is 0 Å². The average molecular weight is 639 g/mol. The molecule has 2 amide bonds. The maximum Gasteiger partial charge on any atom is 0.227 e. The molecular formula is C25H26Br2FN5O2S.